The third-order valence-electron chi connectivity index (χ3n) is 9.72. The molecule has 2 heterocycles. The monoisotopic (exact) mass is 508 g/mol. The number of amides is 1. The molecule has 1 spiro atoms. The van der Waals surface area contributed by atoms with Gasteiger partial charge in [0.2, 0.25) is 0 Å². The first kappa shape index (κ1) is 24.8. The van der Waals surface area contributed by atoms with E-state index in [2.05, 4.69) is 18.8 Å². The van der Waals surface area contributed by atoms with Crippen molar-refractivity contribution in [2.45, 2.75) is 71.1 Å². The maximum atomic E-state index is 14.5. The Morgan fingerprint density at radius 3 is 2.70 bits per heavy atom. The first-order valence-electron chi connectivity index (χ1n) is 13.2. The molecule has 3 fully saturated rings. The summed E-state index contributed by atoms with van der Waals surface area (Å²) in [7, 11) is 1.58. The molecule has 198 valence electrons. The van der Waals surface area contributed by atoms with Crippen LogP contribution >= 0.6 is 0 Å². The van der Waals surface area contributed by atoms with Gasteiger partial charge in [0.1, 0.15) is 11.9 Å². The standard InChI is InChI=1S/C29H36N2O6/c1-16-14-28-11-10-19-21(26(19,2)3)18(22(28)32)13-17-15-35-27(4,5)37-24(17)29(28,34)23(16)36-25(33)31(6)20-9-7-8-12-30-20/h7-9,12-14,18-19,21,23-24,34H,10-11,15H2,1-6H3/t18-,19+,21+,23-,24+,28+,29+/m0/s1. The van der Waals surface area contributed by atoms with Crippen molar-refractivity contribution in [1.82, 2.24) is 4.98 Å². The van der Waals surface area contributed by atoms with Gasteiger partial charge < -0.3 is 19.3 Å². The molecule has 0 radical (unpaired) electrons. The zero-order chi connectivity index (χ0) is 26.5. The molecule has 6 rings (SSSR count). The maximum Gasteiger partial charge on any atom is 0.415 e. The molecule has 7 atom stereocenters. The number of nitrogens with zero attached hydrogens (tertiary/aromatic N) is 2. The minimum atomic E-state index is -1.81. The summed E-state index contributed by atoms with van der Waals surface area (Å²) in [5.41, 5.74) is -1.58. The number of aliphatic hydroxyl groups is 1. The van der Waals surface area contributed by atoms with E-state index in [-0.39, 0.29) is 29.6 Å². The fourth-order valence-electron chi connectivity index (χ4n) is 7.74. The van der Waals surface area contributed by atoms with Crippen LogP contribution in [0.25, 0.3) is 0 Å². The minimum absolute atomic E-state index is 0.00707. The number of pyridine rings is 1. The van der Waals surface area contributed by atoms with Crippen molar-refractivity contribution < 1.29 is 28.9 Å². The lowest BCUT2D eigenvalue weighted by Gasteiger charge is -2.51. The predicted molar refractivity (Wildman–Crippen MR) is 136 cm³/mol. The van der Waals surface area contributed by atoms with Gasteiger partial charge in [0.05, 0.1) is 12.0 Å². The highest BCUT2D eigenvalue weighted by atomic mass is 16.7. The number of fused-ring (bicyclic) bond motifs is 5. The first-order chi connectivity index (χ1) is 17.3. The molecular weight excluding hydrogens is 472 g/mol. The fourth-order valence-corrected chi connectivity index (χ4v) is 7.74. The molecule has 1 aromatic heterocycles. The van der Waals surface area contributed by atoms with Crippen LogP contribution in [-0.4, -0.2) is 59.2 Å². The van der Waals surface area contributed by atoms with Gasteiger partial charge in [0.25, 0.3) is 0 Å². The SMILES string of the molecule is CC1=C[C@@]23CC[C@@H]4[C@@H]([C@H](C=C5COC(C)(C)O[C@H]5[C@]2(O)[C@H]1OC(=O)N(C)c1ccccn1)C3=O)C4(C)C. The van der Waals surface area contributed by atoms with E-state index in [1.807, 2.05) is 19.1 Å². The second kappa shape index (κ2) is 7.74. The predicted octanol–water partition coefficient (Wildman–Crippen LogP) is 4.04. The molecule has 37 heavy (non-hydrogen) atoms. The van der Waals surface area contributed by atoms with Gasteiger partial charge in [-0.25, -0.2) is 9.78 Å². The molecule has 5 aliphatic rings. The lowest BCUT2D eigenvalue weighted by molar-refractivity contribution is -0.300. The van der Waals surface area contributed by atoms with Gasteiger partial charge in [0.15, 0.2) is 23.3 Å². The number of hydrogen-bond acceptors (Lipinski definition) is 7. The van der Waals surface area contributed by atoms with E-state index in [1.54, 1.807) is 45.3 Å². The molecule has 8 heteroatoms. The Labute approximate surface area is 217 Å². The van der Waals surface area contributed by atoms with E-state index < -0.39 is 35.1 Å². The van der Waals surface area contributed by atoms with E-state index in [9.17, 15) is 14.7 Å². The lowest BCUT2D eigenvalue weighted by Crippen LogP contribution is -2.67. The van der Waals surface area contributed by atoms with Gasteiger partial charge in [-0.05, 0) is 74.1 Å². The number of carbonyl (C=O) groups excluding carboxylic acids is 2. The van der Waals surface area contributed by atoms with Crippen molar-refractivity contribution >= 4 is 17.7 Å². The number of allylic oxidation sites excluding steroid dienone is 1. The van der Waals surface area contributed by atoms with E-state index in [0.29, 0.717) is 23.7 Å². The van der Waals surface area contributed by atoms with Gasteiger partial charge in [-0.1, -0.05) is 32.1 Å². The van der Waals surface area contributed by atoms with Gasteiger partial charge in [-0.2, -0.15) is 0 Å². The highest BCUT2D eigenvalue weighted by molar-refractivity contribution is 5.95. The Hall–Kier alpha value is -2.55. The summed E-state index contributed by atoms with van der Waals surface area (Å²) < 4.78 is 18.5. The fraction of sp³-hybridized carbons (Fsp3) is 0.621. The molecule has 4 aliphatic carbocycles. The van der Waals surface area contributed by atoms with Crippen LogP contribution in [0.4, 0.5) is 10.6 Å². The van der Waals surface area contributed by atoms with E-state index in [1.165, 1.54) is 4.90 Å². The normalized spacial score (nSPS) is 40.6. The molecular formula is C29H36N2O6. The van der Waals surface area contributed by atoms with E-state index in [4.69, 9.17) is 14.2 Å². The second-order valence-corrected chi connectivity index (χ2v) is 12.5. The molecule has 1 amide bonds. The molecule has 0 aromatic carbocycles. The zero-order valence-corrected chi connectivity index (χ0v) is 22.4. The molecule has 1 N–H and O–H groups in total. The average molecular weight is 509 g/mol. The smallest absolute Gasteiger partial charge is 0.415 e. The van der Waals surface area contributed by atoms with Crippen LogP contribution in [0.15, 0.2) is 47.7 Å². The largest absolute Gasteiger partial charge is 0.438 e. The maximum absolute atomic E-state index is 14.5. The Bertz CT molecular complexity index is 1220. The molecule has 1 aromatic rings. The second-order valence-electron chi connectivity index (χ2n) is 12.5. The molecule has 2 bridgehead atoms. The molecule has 2 saturated carbocycles. The number of rotatable bonds is 2. The van der Waals surface area contributed by atoms with Crippen molar-refractivity contribution in [2.24, 2.45) is 28.6 Å². The summed E-state index contributed by atoms with van der Waals surface area (Å²) in [5.74, 6) is -0.314. The van der Waals surface area contributed by atoms with Crippen molar-refractivity contribution in [2.75, 3.05) is 18.6 Å². The summed E-state index contributed by atoms with van der Waals surface area (Å²) in [6.07, 6.45) is 4.17. The summed E-state index contributed by atoms with van der Waals surface area (Å²) in [6, 6.07) is 5.26. The topological polar surface area (TPSA) is 98.2 Å². The van der Waals surface area contributed by atoms with E-state index in [0.717, 1.165) is 12.0 Å². The summed E-state index contributed by atoms with van der Waals surface area (Å²) in [6.45, 7) is 10.1. The van der Waals surface area contributed by atoms with Crippen LogP contribution < -0.4 is 4.90 Å². The van der Waals surface area contributed by atoms with Crippen molar-refractivity contribution in [3.63, 3.8) is 0 Å². The number of aromatic nitrogens is 1. The van der Waals surface area contributed by atoms with Crippen LogP contribution in [0.5, 0.6) is 0 Å². The lowest BCUT2D eigenvalue weighted by atomic mass is 9.63. The van der Waals surface area contributed by atoms with Gasteiger partial charge in [-0.15, -0.1) is 0 Å². The Morgan fingerprint density at radius 2 is 2.00 bits per heavy atom. The first-order valence-corrected chi connectivity index (χ1v) is 13.2. The van der Waals surface area contributed by atoms with Crippen LogP contribution in [0.1, 0.15) is 47.5 Å². The van der Waals surface area contributed by atoms with Crippen molar-refractivity contribution in [3.8, 4) is 0 Å². The molecule has 8 nitrogen and oxygen atoms in total. The summed E-state index contributed by atoms with van der Waals surface area (Å²) >= 11 is 0. The van der Waals surface area contributed by atoms with Crippen molar-refractivity contribution in [3.05, 3.63) is 47.7 Å². The quantitative estimate of drug-likeness (QED) is 0.602. The summed E-state index contributed by atoms with van der Waals surface area (Å²) in [4.78, 5) is 33.4. The third-order valence-corrected chi connectivity index (χ3v) is 9.72. The van der Waals surface area contributed by atoms with Crippen molar-refractivity contribution in [1.29, 1.82) is 0 Å². The minimum Gasteiger partial charge on any atom is -0.438 e. The van der Waals surface area contributed by atoms with Crippen LogP contribution in [0.2, 0.25) is 0 Å². The molecule has 1 saturated heterocycles. The summed E-state index contributed by atoms with van der Waals surface area (Å²) in [5, 5.41) is 12.9. The molecule has 0 unspecified atom stereocenters. The van der Waals surface area contributed by atoms with E-state index >= 15 is 0 Å². The number of hydrogen-bond donors (Lipinski definition) is 1. The Morgan fingerprint density at radius 1 is 1.24 bits per heavy atom. The highest BCUT2D eigenvalue weighted by Crippen LogP contribution is 2.71. The van der Waals surface area contributed by atoms with Gasteiger partial charge >= 0.3 is 6.09 Å². The van der Waals surface area contributed by atoms with Gasteiger partial charge in [-0.3, -0.25) is 9.69 Å². The number of carbonyl (C=O) groups is 2. The number of anilines is 1. The third kappa shape index (κ3) is 3.28. The number of ketones is 1. The molecule has 1 aliphatic heterocycles. The van der Waals surface area contributed by atoms with Crippen LogP contribution in [0.3, 0.4) is 0 Å². The average Bonchev–Trinajstić information content (AvgIpc) is 3.38. The Kier molecular flexibility index (Phi) is 5.18. The van der Waals surface area contributed by atoms with Crippen LogP contribution in [0, 0.1) is 28.6 Å². The highest BCUT2D eigenvalue weighted by Gasteiger charge is 2.75. The van der Waals surface area contributed by atoms with Gasteiger partial charge in [0, 0.05) is 19.2 Å². The number of Topliss-reactive ketones (excluding diaryl/α,β-unsaturated/α-hetero) is 1. The number of ether oxygens (including phenoxy) is 3. The van der Waals surface area contributed by atoms with Crippen LogP contribution in [-0.2, 0) is 19.0 Å². The Balaban J connectivity index is 1.45. The zero-order valence-electron chi connectivity index (χ0n) is 22.4.